The van der Waals surface area contributed by atoms with Crippen molar-refractivity contribution < 1.29 is 28.7 Å². The number of carbonyl (C=O) groups excluding carboxylic acids is 4. The number of nitrogens with one attached hydrogen (secondary N) is 1. The topological polar surface area (TPSA) is 102 Å². The largest absolute Gasteiger partial charge is 0.496 e. The molecule has 8 nitrogen and oxygen atoms in total. The highest BCUT2D eigenvalue weighted by Crippen LogP contribution is 2.33. The number of imide groups is 1. The average molecular weight is 489 g/mol. The number of hydrogen-bond donors (Lipinski definition) is 1. The Hall–Kier alpha value is -3.30. The first kappa shape index (κ1) is 24.3. The highest BCUT2D eigenvalue weighted by molar-refractivity contribution is 8.18. The molecule has 1 heterocycles. The molecule has 2 aromatic carbocycles. The second kappa shape index (κ2) is 11.0. The fourth-order valence-electron chi connectivity index (χ4n) is 2.94. The van der Waals surface area contributed by atoms with Crippen molar-refractivity contribution in [1.82, 2.24) is 4.90 Å². The number of anilines is 1. The van der Waals surface area contributed by atoms with Gasteiger partial charge in [-0.15, -0.1) is 0 Å². The van der Waals surface area contributed by atoms with Gasteiger partial charge in [0.2, 0.25) is 5.91 Å². The molecular formula is C23H21ClN2O6S. The normalized spacial score (nSPS) is 14.5. The lowest BCUT2D eigenvalue weighted by molar-refractivity contribution is -0.127. The molecule has 1 saturated heterocycles. The molecule has 0 saturated carbocycles. The highest BCUT2D eigenvalue weighted by atomic mass is 35.5. The van der Waals surface area contributed by atoms with Crippen LogP contribution in [0.2, 0.25) is 5.02 Å². The predicted molar refractivity (Wildman–Crippen MR) is 126 cm³/mol. The van der Waals surface area contributed by atoms with Crippen molar-refractivity contribution in [3.63, 3.8) is 0 Å². The van der Waals surface area contributed by atoms with Gasteiger partial charge in [0, 0.05) is 11.3 Å². The summed E-state index contributed by atoms with van der Waals surface area (Å²) in [4.78, 5) is 50.7. The minimum Gasteiger partial charge on any atom is -0.496 e. The lowest BCUT2D eigenvalue weighted by atomic mass is 10.2. The number of rotatable bonds is 8. The number of methoxy groups -OCH3 is 1. The van der Waals surface area contributed by atoms with Crippen LogP contribution in [0.25, 0.3) is 6.08 Å². The van der Waals surface area contributed by atoms with Gasteiger partial charge in [-0.05, 0) is 48.5 Å². The van der Waals surface area contributed by atoms with E-state index in [4.69, 9.17) is 21.1 Å². The molecule has 0 atom stereocenters. The number of esters is 1. The monoisotopic (exact) mass is 488 g/mol. The number of hydrogen-bond acceptors (Lipinski definition) is 7. The average Bonchev–Trinajstić information content (AvgIpc) is 3.06. The Kier molecular flexibility index (Phi) is 8.13. The Morgan fingerprint density at radius 1 is 1.18 bits per heavy atom. The standard InChI is InChI=1S/C23H21ClN2O6S/c1-3-10-32-22(29)16-12-15(8-9-17(16)24)25-20(27)13-26-21(28)19(33-23(26)30)11-14-6-4-5-7-18(14)31-2/h4-9,11-12H,3,10,13H2,1-2H3,(H,25,27)/b19-11-. The molecule has 1 N–H and O–H groups in total. The molecule has 172 valence electrons. The van der Waals surface area contributed by atoms with Gasteiger partial charge in [-0.1, -0.05) is 36.7 Å². The van der Waals surface area contributed by atoms with Crippen LogP contribution >= 0.6 is 23.4 Å². The van der Waals surface area contributed by atoms with E-state index in [2.05, 4.69) is 5.32 Å². The van der Waals surface area contributed by atoms with Crippen LogP contribution in [-0.4, -0.2) is 48.2 Å². The van der Waals surface area contributed by atoms with E-state index in [9.17, 15) is 19.2 Å². The van der Waals surface area contributed by atoms with Gasteiger partial charge in [0.15, 0.2) is 0 Å². The van der Waals surface area contributed by atoms with E-state index < -0.39 is 29.6 Å². The summed E-state index contributed by atoms with van der Waals surface area (Å²) in [6.45, 7) is 1.63. The zero-order valence-corrected chi connectivity index (χ0v) is 19.5. The maximum Gasteiger partial charge on any atom is 0.339 e. The Morgan fingerprint density at radius 3 is 2.67 bits per heavy atom. The van der Waals surface area contributed by atoms with E-state index in [1.54, 1.807) is 30.3 Å². The van der Waals surface area contributed by atoms with Crippen LogP contribution < -0.4 is 10.1 Å². The molecule has 0 aliphatic carbocycles. The number of halogens is 1. The van der Waals surface area contributed by atoms with Gasteiger partial charge < -0.3 is 14.8 Å². The molecule has 3 amide bonds. The lowest BCUT2D eigenvalue weighted by Gasteiger charge is -2.13. The molecule has 33 heavy (non-hydrogen) atoms. The molecule has 1 aliphatic heterocycles. The second-order valence-corrected chi connectivity index (χ2v) is 8.29. The third-order valence-electron chi connectivity index (χ3n) is 4.51. The van der Waals surface area contributed by atoms with Gasteiger partial charge in [0.05, 0.1) is 29.2 Å². The van der Waals surface area contributed by atoms with Gasteiger partial charge in [0.25, 0.3) is 11.1 Å². The van der Waals surface area contributed by atoms with Gasteiger partial charge in [-0.3, -0.25) is 19.3 Å². The number of para-hydroxylation sites is 1. The van der Waals surface area contributed by atoms with E-state index in [0.717, 1.165) is 16.7 Å². The van der Waals surface area contributed by atoms with E-state index in [-0.39, 0.29) is 27.8 Å². The fraction of sp³-hybridized carbons (Fsp3) is 0.217. The van der Waals surface area contributed by atoms with Crippen LogP contribution in [0.5, 0.6) is 5.75 Å². The number of amides is 3. The smallest absolute Gasteiger partial charge is 0.339 e. The third-order valence-corrected chi connectivity index (χ3v) is 5.75. The van der Waals surface area contributed by atoms with Crippen LogP contribution in [0.1, 0.15) is 29.3 Å². The maximum atomic E-state index is 12.7. The molecule has 3 rings (SSSR count). The molecule has 2 aromatic rings. The number of benzene rings is 2. The minimum atomic E-state index is -0.606. The summed E-state index contributed by atoms with van der Waals surface area (Å²) in [5, 5.41) is 2.19. The van der Waals surface area contributed by atoms with Crippen molar-refractivity contribution in [3.05, 3.63) is 63.5 Å². The second-order valence-electron chi connectivity index (χ2n) is 6.89. The summed E-state index contributed by atoms with van der Waals surface area (Å²) in [5.74, 6) is -1.24. The minimum absolute atomic E-state index is 0.105. The van der Waals surface area contributed by atoms with Crippen LogP contribution in [0.3, 0.4) is 0 Å². The molecule has 0 radical (unpaired) electrons. The van der Waals surface area contributed by atoms with Gasteiger partial charge in [0.1, 0.15) is 12.3 Å². The van der Waals surface area contributed by atoms with Crippen molar-refractivity contribution in [1.29, 1.82) is 0 Å². The summed E-state index contributed by atoms with van der Waals surface area (Å²) >= 11 is 6.80. The molecule has 1 aliphatic rings. The van der Waals surface area contributed by atoms with Crippen LogP contribution in [0.4, 0.5) is 10.5 Å². The van der Waals surface area contributed by atoms with Crippen molar-refractivity contribution in [2.45, 2.75) is 13.3 Å². The van der Waals surface area contributed by atoms with Crippen LogP contribution in [0, 0.1) is 0 Å². The molecule has 0 aromatic heterocycles. The maximum absolute atomic E-state index is 12.7. The first-order chi connectivity index (χ1) is 15.8. The SMILES string of the molecule is CCCOC(=O)c1cc(NC(=O)CN2C(=O)S/C(=C\c3ccccc3OC)C2=O)ccc1Cl. The Bertz CT molecular complexity index is 1130. The molecule has 10 heteroatoms. The first-order valence-corrected chi connectivity index (χ1v) is 11.2. The molecule has 0 bridgehead atoms. The molecule has 1 fully saturated rings. The van der Waals surface area contributed by atoms with Crippen molar-refractivity contribution in [3.8, 4) is 5.75 Å². The molecular weight excluding hydrogens is 468 g/mol. The van der Waals surface area contributed by atoms with Crippen molar-refractivity contribution in [2.24, 2.45) is 0 Å². The number of thioether (sulfide) groups is 1. The number of carbonyl (C=O) groups is 4. The van der Waals surface area contributed by atoms with E-state index >= 15 is 0 Å². The van der Waals surface area contributed by atoms with Crippen molar-refractivity contribution >= 4 is 58.1 Å². The lowest BCUT2D eigenvalue weighted by Crippen LogP contribution is -2.36. The van der Waals surface area contributed by atoms with E-state index in [0.29, 0.717) is 17.7 Å². The Labute approximate surface area is 199 Å². The van der Waals surface area contributed by atoms with Crippen LogP contribution in [0.15, 0.2) is 47.4 Å². The highest BCUT2D eigenvalue weighted by Gasteiger charge is 2.36. The molecule has 0 spiro atoms. The Balaban J connectivity index is 1.69. The van der Waals surface area contributed by atoms with Crippen LogP contribution in [-0.2, 0) is 14.3 Å². The number of nitrogens with zero attached hydrogens (tertiary/aromatic N) is 1. The zero-order chi connectivity index (χ0) is 24.0. The third kappa shape index (κ3) is 5.94. The first-order valence-electron chi connectivity index (χ1n) is 9.99. The zero-order valence-electron chi connectivity index (χ0n) is 17.9. The molecule has 0 unspecified atom stereocenters. The fourth-order valence-corrected chi connectivity index (χ4v) is 3.96. The van der Waals surface area contributed by atoms with Gasteiger partial charge in [-0.25, -0.2) is 4.79 Å². The summed E-state index contributed by atoms with van der Waals surface area (Å²) in [7, 11) is 1.51. The summed E-state index contributed by atoms with van der Waals surface area (Å²) in [6, 6.07) is 11.4. The van der Waals surface area contributed by atoms with Gasteiger partial charge >= 0.3 is 5.97 Å². The van der Waals surface area contributed by atoms with E-state index in [1.807, 2.05) is 6.92 Å². The quantitative estimate of drug-likeness (QED) is 0.428. The summed E-state index contributed by atoms with van der Waals surface area (Å²) in [5.41, 5.74) is 1.02. The summed E-state index contributed by atoms with van der Waals surface area (Å²) in [6.07, 6.45) is 2.21. The predicted octanol–water partition coefficient (Wildman–Crippen LogP) is 4.59. The number of ether oxygens (including phenoxy) is 2. The van der Waals surface area contributed by atoms with E-state index in [1.165, 1.54) is 25.3 Å². The Morgan fingerprint density at radius 2 is 1.94 bits per heavy atom. The van der Waals surface area contributed by atoms with Gasteiger partial charge in [-0.2, -0.15) is 0 Å². The van der Waals surface area contributed by atoms with Crippen molar-refractivity contribution in [2.75, 3.05) is 25.6 Å². The summed E-state index contributed by atoms with van der Waals surface area (Å²) < 4.78 is 10.3.